The minimum atomic E-state index is -0.933. The first kappa shape index (κ1) is 11.5. The van der Waals surface area contributed by atoms with E-state index in [0.717, 1.165) is 5.56 Å². The molecule has 0 aliphatic carbocycles. The van der Waals surface area contributed by atoms with E-state index in [4.69, 9.17) is 16.7 Å². The predicted octanol–water partition coefficient (Wildman–Crippen LogP) is 3.12. The van der Waals surface area contributed by atoms with Gasteiger partial charge < -0.3 is 5.11 Å². The van der Waals surface area contributed by atoms with Crippen LogP contribution in [-0.4, -0.2) is 15.4 Å². The number of benzene rings is 1. The van der Waals surface area contributed by atoms with Crippen molar-refractivity contribution in [2.45, 2.75) is 17.7 Å². The summed E-state index contributed by atoms with van der Waals surface area (Å²) >= 11 is 8.96. The fraction of sp³-hybridized carbons (Fsp3) is 0.300. The van der Waals surface area contributed by atoms with Crippen molar-refractivity contribution in [3.8, 4) is 0 Å². The predicted molar refractivity (Wildman–Crippen MR) is 60.1 cm³/mol. The summed E-state index contributed by atoms with van der Waals surface area (Å²) in [5, 5.41) is 9.51. The van der Waals surface area contributed by atoms with Crippen molar-refractivity contribution in [1.29, 1.82) is 0 Å². The Morgan fingerprint density at radius 1 is 1.64 bits per heavy atom. The molecule has 1 aromatic carbocycles. The molecular weight excluding hydrogens is 267 g/mol. The van der Waals surface area contributed by atoms with E-state index in [1.54, 1.807) is 19.1 Å². The van der Waals surface area contributed by atoms with Gasteiger partial charge in [-0.1, -0.05) is 39.7 Å². The molecule has 0 heterocycles. The number of rotatable bonds is 3. The van der Waals surface area contributed by atoms with Crippen molar-refractivity contribution >= 4 is 33.5 Å². The third kappa shape index (κ3) is 3.00. The van der Waals surface area contributed by atoms with Gasteiger partial charge in [0, 0.05) is 5.02 Å². The van der Waals surface area contributed by atoms with E-state index in [0.29, 0.717) is 11.4 Å². The molecule has 0 radical (unpaired) electrons. The van der Waals surface area contributed by atoms with Crippen molar-refractivity contribution in [3.05, 3.63) is 34.9 Å². The SMILES string of the molecule is CC(Br)(Cc1cccc(Cl)c1)C(=O)O. The minimum absolute atomic E-state index is 0.406. The molecule has 76 valence electrons. The standard InChI is InChI=1S/C10H10BrClO2/c1-10(11,9(13)14)6-7-3-2-4-8(12)5-7/h2-5H,6H2,1H3,(H,13,14). The number of carboxylic acids is 1. The lowest BCUT2D eigenvalue weighted by atomic mass is 10.0. The highest BCUT2D eigenvalue weighted by Gasteiger charge is 2.29. The van der Waals surface area contributed by atoms with Crippen LogP contribution in [-0.2, 0) is 11.2 Å². The van der Waals surface area contributed by atoms with E-state index in [-0.39, 0.29) is 0 Å². The van der Waals surface area contributed by atoms with E-state index < -0.39 is 10.3 Å². The van der Waals surface area contributed by atoms with Gasteiger partial charge in [0.2, 0.25) is 0 Å². The van der Waals surface area contributed by atoms with Gasteiger partial charge in [-0.3, -0.25) is 4.79 Å². The van der Waals surface area contributed by atoms with Crippen LogP contribution in [0.5, 0.6) is 0 Å². The fourth-order valence-electron chi connectivity index (χ4n) is 1.11. The number of carbonyl (C=O) groups is 1. The summed E-state index contributed by atoms with van der Waals surface area (Å²) in [5.41, 5.74) is 0.902. The maximum absolute atomic E-state index is 10.8. The molecule has 0 saturated carbocycles. The van der Waals surface area contributed by atoms with Gasteiger partial charge in [0.1, 0.15) is 4.32 Å². The highest BCUT2D eigenvalue weighted by atomic mass is 79.9. The Bertz CT molecular complexity index is 350. The van der Waals surface area contributed by atoms with Gasteiger partial charge in [-0.25, -0.2) is 0 Å². The normalized spacial score (nSPS) is 14.8. The number of hydrogen-bond acceptors (Lipinski definition) is 1. The topological polar surface area (TPSA) is 37.3 Å². The van der Waals surface area contributed by atoms with Crippen LogP contribution in [0.4, 0.5) is 0 Å². The van der Waals surface area contributed by atoms with Crippen LogP contribution in [0.25, 0.3) is 0 Å². The lowest BCUT2D eigenvalue weighted by Crippen LogP contribution is -2.30. The Balaban J connectivity index is 2.83. The van der Waals surface area contributed by atoms with Crippen LogP contribution >= 0.6 is 27.5 Å². The van der Waals surface area contributed by atoms with Gasteiger partial charge in [-0.05, 0) is 31.0 Å². The van der Waals surface area contributed by atoms with Crippen LogP contribution in [0.2, 0.25) is 5.02 Å². The van der Waals surface area contributed by atoms with E-state index in [1.807, 2.05) is 12.1 Å². The zero-order valence-electron chi connectivity index (χ0n) is 7.63. The van der Waals surface area contributed by atoms with Gasteiger partial charge >= 0.3 is 5.97 Å². The average Bonchev–Trinajstić information content (AvgIpc) is 2.02. The molecule has 4 heteroatoms. The molecule has 0 aliphatic heterocycles. The van der Waals surface area contributed by atoms with Gasteiger partial charge in [-0.2, -0.15) is 0 Å². The molecule has 14 heavy (non-hydrogen) atoms. The van der Waals surface area contributed by atoms with Gasteiger partial charge in [0.15, 0.2) is 0 Å². The summed E-state index contributed by atoms with van der Waals surface area (Å²) in [5.74, 6) is -0.877. The first-order chi connectivity index (χ1) is 6.42. The number of halogens is 2. The third-order valence-electron chi connectivity index (χ3n) is 1.87. The van der Waals surface area contributed by atoms with Crippen molar-refractivity contribution in [1.82, 2.24) is 0 Å². The molecule has 0 fully saturated rings. The Labute approximate surface area is 96.0 Å². The van der Waals surface area contributed by atoms with Crippen molar-refractivity contribution in [2.24, 2.45) is 0 Å². The van der Waals surface area contributed by atoms with Gasteiger partial charge in [0.25, 0.3) is 0 Å². The summed E-state index contributed by atoms with van der Waals surface area (Å²) in [4.78, 5) is 10.8. The van der Waals surface area contributed by atoms with Crippen LogP contribution < -0.4 is 0 Å². The number of hydrogen-bond donors (Lipinski definition) is 1. The first-order valence-corrected chi connectivity index (χ1v) is 5.26. The fourth-order valence-corrected chi connectivity index (χ4v) is 1.64. The van der Waals surface area contributed by atoms with E-state index in [2.05, 4.69) is 15.9 Å². The minimum Gasteiger partial charge on any atom is -0.480 e. The van der Waals surface area contributed by atoms with Crippen molar-refractivity contribution in [2.75, 3.05) is 0 Å². The molecule has 1 N–H and O–H groups in total. The maximum atomic E-state index is 10.8. The van der Waals surface area contributed by atoms with Gasteiger partial charge in [0.05, 0.1) is 0 Å². The Hall–Kier alpha value is -0.540. The Morgan fingerprint density at radius 3 is 2.79 bits per heavy atom. The van der Waals surface area contributed by atoms with Gasteiger partial charge in [-0.15, -0.1) is 0 Å². The average molecular weight is 278 g/mol. The van der Waals surface area contributed by atoms with E-state index in [1.165, 1.54) is 0 Å². The lowest BCUT2D eigenvalue weighted by Gasteiger charge is -2.16. The molecule has 2 nitrogen and oxygen atoms in total. The highest BCUT2D eigenvalue weighted by molar-refractivity contribution is 9.10. The van der Waals surface area contributed by atoms with Crippen LogP contribution in [0.15, 0.2) is 24.3 Å². The second-order valence-corrected chi connectivity index (χ2v) is 5.50. The number of alkyl halides is 1. The summed E-state index contributed by atoms with van der Waals surface area (Å²) in [7, 11) is 0. The Morgan fingerprint density at radius 2 is 2.29 bits per heavy atom. The molecule has 0 spiro atoms. The summed E-state index contributed by atoms with van der Waals surface area (Å²) in [6, 6.07) is 7.19. The molecule has 1 unspecified atom stereocenters. The maximum Gasteiger partial charge on any atom is 0.320 e. The largest absolute Gasteiger partial charge is 0.480 e. The second-order valence-electron chi connectivity index (χ2n) is 3.31. The molecule has 1 rings (SSSR count). The first-order valence-electron chi connectivity index (χ1n) is 4.08. The van der Waals surface area contributed by atoms with Crippen LogP contribution in [0.3, 0.4) is 0 Å². The summed E-state index contributed by atoms with van der Waals surface area (Å²) in [6.07, 6.45) is 0.406. The quantitative estimate of drug-likeness (QED) is 0.862. The second kappa shape index (κ2) is 4.32. The molecule has 0 bridgehead atoms. The van der Waals surface area contributed by atoms with Crippen molar-refractivity contribution in [3.63, 3.8) is 0 Å². The molecule has 0 aliphatic rings. The molecule has 0 aromatic heterocycles. The Kier molecular flexibility index (Phi) is 3.56. The molecule has 0 saturated heterocycles. The van der Waals surface area contributed by atoms with Crippen LogP contribution in [0, 0.1) is 0 Å². The lowest BCUT2D eigenvalue weighted by molar-refractivity contribution is -0.139. The zero-order valence-corrected chi connectivity index (χ0v) is 9.97. The third-order valence-corrected chi connectivity index (χ3v) is 2.73. The zero-order chi connectivity index (χ0) is 10.8. The van der Waals surface area contributed by atoms with E-state index >= 15 is 0 Å². The smallest absolute Gasteiger partial charge is 0.320 e. The summed E-state index contributed by atoms with van der Waals surface area (Å²) < 4.78 is -0.933. The highest BCUT2D eigenvalue weighted by Crippen LogP contribution is 2.24. The molecule has 1 aromatic rings. The summed E-state index contributed by atoms with van der Waals surface area (Å²) in [6.45, 7) is 1.62. The van der Waals surface area contributed by atoms with E-state index in [9.17, 15) is 4.79 Å². The number of aliphatic carboxylic acids is 1. The monoisotopic (exact) mass is 276 g/mol. The van der Waals surface area contributed by atoms with Crippen LogP contribution in [0.1, 0.15) is 12.5 Å². The molecule has 0 amide bonds. The number of carboxylic acid groups (broad SMARTS) is 1. The molecular formula is C10H10BrClO2. The molecule has 1 atom stereocenters. The van der Waals surface area contributed by atoms with Crippen molar-refractivity contribution < 1.29 is 9.90 Å².